The lowest BCUT2D eigenvalue weighted by molar-refractivity contribution is -0.137. The summed E-state index contributed by atoms with van der Waals surface area (Å²) >= 11 is 0. The zero-order chi connectivity index (χ0) is 16.7. The summed E-state index contributed by atoms with van der Waals surface area (Å²) in [6, 6.07) is 5.46. The van der Waals surface area contributed by atoms with Crippen molar-refractivity contribution < 1.29 is 13.2 Å². The summed E-state index contributed by atoms with van der Waals surface area (Å²) in [5.74, 6) is 6.23. The molecule has 1 fully saturated rings. The molecule has 0 radical (unpaired) electrons. The van der Waals surface area contributed by atoms with Crippen molar-refractivity contribution in [3.63, 3.8) is 0 Å². The van der Waals surface area contributed by atoms with Crippen LogP contribution in [0.5, 0.6) is 0 Å². The quantitative estimate of drug-likeness (QED) is 0.311. The third-order valence-electron chi connectivity index (χ3n) is 3.69. The van der Waals surface area contributed by atoms with Crippen molar-refractivity contribution in [3.05, 3.63) is 35.4 Å². The van der Waals surface area contributed by atoms with Crippen molar-refractivity contribution in [3.8, 4) is 11.8 Å². The van der Waals surface area contributed by atoms with E-state index in [2.05, 4.69) is 27.5 Å². The van der Waals surface area contributed by atoms with Crippen molar-refractivity contribution in [2.75, 3.05) is 13.6 Å². The van der Waals surface area contributed by atoms with Crippen LogP contribution in [0, 0.1) is 11.8 Å². The van der Waals surface area contributed by atoms with E-state index in [4.69, 9.17) is 0 Å². The van der Waals surface area contributed by atoms with Crippen LogP contribution < -0.4 is 10.6 Å². The molecule has 0 heterocycles. The van der Waals surface area contributed by atoms with E-state index in [9.17, 15) is 13.2 Å². The van der Waals surface area contributed by atoms with E-state index in [0.29, 0.717) is 24.1 Å². The van der Waals surface area contributed by atoms with Gasteiger partial charge in [-0.2, -0.15) is 13.2 Å². The highest BCUT2D eigenvalue weighted by molar-refractivity contribution is 14.0. The first-order chi connectivity index (χ1) is 11.0. The molecule has 1 aliphatic rings. The first kappa shape index (κ1) is 20.6. The van der Waals surface area contributed by atoms with E-state index >= 15 is 0 Å². The van der Waals surface area contributed by atoms with E-state index in [1.165, 1.54) is 18.9 Å². The molecule has 1 aromatic rings. The normalized spacial score (nSPS) is 15.2. The van der Waals surface area contributed by atoms with Gasteiger partial charge in [0, 0.05) is 18.7 Å². The number of hydrogen-bond donors (Lipinski definition) is 2. The van der Waals surface area contributed by atoms with Crippen LogP contribution in [0.2, 0.25) is 0 Å². The van der Waals surface area contributed by atoms with E-state index in [-0.39, 0.29) is 24.0 Å². The predicted molar refractivity (Wildman–Crippen MR) is 100 cm³/mol. The molecule has 1 aliphatic carbocycles. The summed E-state index contributed by atoms with van der Waals surface area (Å²) in [7, 11) is 1.69. The molecule has 0 bridgehead atoms. The molecule has 0 spiro atoms. The molecule has 0 amide bonds. The van der Waals surface area contributed by atoms with Crippen molar-refractivity contribution in [1.82, 2.24) is 10.6 Å². The fourth-order valence-electron chi connectivity index (χ4n) is 2.51. The van der Waals surface area contributed by atoms with Gasteiger partial charge in [0.25, 0.3) is 0 Å². The Morgan fingerprint density at radius 3 is 2.62 bits per heavy atom. The molecular formula is C17H21F3IN3. The molecule has 0 aliphatic heterocycles. The lowest BCUT2D eigenvalue weighted by atomic mass is 10.1. The Balaban J connectivity index is 0.00000288. The molecule has 0 unspecified atom stereocenters. The second kappa shape index (κ2) is 9.77. The molecule has 24 heavy (non-hydrogen) atoms. The monoisotopic (exact) mass is 451 g/mol. The van der Waals surface area contributed by atoms with E-state index in [1.807, 2.05) is 0 Å². The largest absolute Gasteiger partial charge is 0.416 e. The van der Waals surface area contributed by atoms with Crippen LogP contribution in [0.4, 0.5) is 13.2 Å². The molecule has 3 nitrogen and oxygen atoms in total. The maximum Gasteiger partial charge on any atom is 0.416 e. The Kier molecular flexibility index (Phi) is 8.39. The van der Waals surface area contributed by atoms with Gasteiger partial charge in [-0.3, -0.25) is 4.99 Å². The van der Waals surface area contributed by atoms with Crippen molar-refractivity contribution in [1.29, 1.82) is 0 Å². The maximum atomic E-state index is 12.6. The zero-order valence-corrected chi connectivity index (χ0v) is 15.7. The third-order valence-corrected chi connectivity index (χ3v) is 3.69. The number of hydrogen-bond acceptors (Lipinski definition) is 1. The smallest absolute Gasteiger partial charge is 0.354 e. The minimum atomic E-state index is -4.34. The number of aliphatic imine (C=N–C) groups is 1. The molecule has 7 heteroatoms. The molecule has 2 rings (SSSR count). The van der Waals surface area contributed by atoms with Gasteiger partial charge in [-0.15, -0.1) is 24.0 Å². The van der Waals surface area contributed by atoms with E-state index < -0.39 is 11.7 Å². The lowest BCUT2D eigenvalue weighted by Gasteiger charge is -2.15. The van der Waals surface area contributed by atoms with Crippen molar-refractivity contribution in [2.45, 2.75) is 37.9 Å². The number of nitrogens with zero attached hydrogens (tertiary/aromatic N) is 1. The summed E-state index contributed by atoms with van der Waals surface area (Å²) in [6.45, 7) is 0.322. The van der Waals surface area contributed by atoms with Gasteiger partial charge in [0.2, 0.25) is 0 Å². The Morgan fingerprint density at radius 1 is 1.29 bits per heavy atom. The topological polar surface area (TPSA) is 36.4 Å². The average molecular weight is 451 g/mol. The first-order valence-electron chi connectivity index (χ1n) is 7.62. The summed E-state index contributed by atoms with van der Waals surface area (Å²) in [4.78, 5) is 4.12. The minimum absolute atomic E-state index is 0. The highest BCUT2D eigenvalue weighted by atomic mass is 127. The Hall–Kier alpha value is -1.43. The fraction of sp³-hybridized carbons (Fsp3) is 0.471. The van der Waals surface area contributed by atoms with Gasteiger partial charge < -0.3 is 10.6 Å². The minimum Gasteiger partial charge on any atom is -0.354 e. The number of alkyl halides is 3. The van der Waals surface area contributed by atoms with Gasteiger partial charge >= 0.3 is 6.18 Å². The Morgan fingerprint density at radius 2 is 2.00 bits per heavy atom. The molecule has 132 valence electrons. The highest BCUT2D eigenvalue weighted by Gasteiger charge is 2.30. The van der Waals surface area contributed by atoms with Crippen LogP contribution in [0.15, 0.2) is 29.3 Å². The lowest BCUT2D eigenvalue weighted by Crippen LogP contribution is -2.42. The molecule has 1 aromatic carbocycles. The fourth-order valence-corrected chi connectivity index (χ4v) is 2.51. The van der Waals surface area contributed by atoms with Crippen LogP contribution in [0.1, 0.15) is 36.8 Å². The standard InChI is InChI=1S/C17H20F3N3.HI/c1-21-16(23-15-9-2-3-10-15)22-11-5-7-13-6-4-8-14(12-13)17(18,19)20;/h4,6,8,12,15H,2-3,9-11H2,1H3,(H2,21,22,23);1H. The summed E-state index contributed by atoms with van der Waals surface area (Å²) < 4.78 is 37.9. The zero-order valence-electron chi connectivity index (χ0n) is 13.4. The predicted octanol–water partition coefficient (Wildman–Crippen LogP) is 3.78. The van der Waals surface area contributed by atoms with Gasteiger partial charge in [0.15, 0.2) is 5.96 Å². The van der Waals surface area contributed by atoms with Crippen LogP contribution in [-0.4, -0.2) is 25.6 Å². The second-order valence-electron chi connectivity index (χ2n) is 5.43. The van der Waals surface area contributed by atoms with Crippen LogP contribution >= 0.6 is 24.0 Å². The van der Waals surface area contributed by atoms with E-state index in [0.717, 1.165) is 25.0 Å². The maximum absolute atomic E-state index is 12.6. The van der Waals surface area contributed by atoms with Gasteiger partial charge in [0.05, 0.1) is 12.1 Å². The number of rotatable bonds is 2. The average Bonchev–Trinajstić information content (AvgIpc) is 3.03. The van der Waals surface area contributed by atoms with Crippen LogP contribution in [0.3, 0.4) is 0 Å². The molecular weight excluding hydrogens is 430 g/mol. The summed E-state index contributed by atoms with van der Waals surface area (Å²) in [6.07, 6.45) is 0.379. The second-order valence-corrected chi connectivity index (χ2v) is 5.43. The number of halogens is 4. The SMILES string of the molecule is CN=C(NCC#Cc1cccc(C(F)(F)F)c1)NC1CCCC1.I. The van der Waals surface area contributed by atoms with Crippen LogP contribution in [0.25, 0.3) is 0 Å². The molecule has 2 N–H and O–H groups in total. The third kappa shape index (κ3) is 6.59. The van der Waals surface area contributed by atoms with Gasteiger partial charge in [-0.05, 0) is 31.0 Å². The molecule has 0 saturated heterocycles. The molecule has 1 saturated carbocycles. The van der Waals surface area contributed by atoms with Crippen molar-refractivity contribution in [2.24, 2.45) is 4.99 Å². The van der Waals surface area contributed by atoms with Gasteiger partial charge in [-0.1, -0.05) is 30.7 Å². The van der Waals surface area contributed by atoms with Crippen LogP contribution in [-0.2, 0) is 6.18 Å². The number of guanidine groups is 1. The Bertz CT molecular complexity index is 611. The van der Waals surface area contributed by atoms with Gasteiger partial charge in [-0.25, -0.2) is 0 Å². The summed E-state index contributed by atoms with van der Waals surface area (Å²) in [5, 5.41) is 6.37. The first-order valence-corrected chi connectivity index (χ1v) is 7.62. The molecule has 0 aromatic heterocycles. The highest BCUT2D eigenvalue weighted by Crippen LogP contribution is 2.29. The summed E-state index contributed by atoms with van der Waals surface area (Å²) in [5.41, 5.74) is -0.337. The Labute approximate surface area is 157 Å². The van der Waals surface area contributed by atoms with E-state index in [1.54, 1.807) is 13.1 Å². The van der Waals surface area contributed by atoms with Gasteiger partial charge in [0.1, 0.15) is 0 Å². The number of nitrogens with one attached hydrogen (secondary N) is 2. The van der Waals surface area contributed by atoms with Crippen molar-refractivity contribution >= 4 is 29.9 Å². The number of benzene rings is 1. The molecule has 0 atom stereocenters.